The highest BCUT2D eigenvalue weighted by Gasteiger charge is 2.35. The molecule has 2 aromatic carbocycles. The van der Waals surface area contributed by atoms with Gasteiger partial charge in [0.2, 0.25) is 0 Å². The zero-order chi connectivity index (χ0) is 12.8. The fourth-order valence-electron chi connectivity index (χ4n) is 2.97. The van der Waals surface area contributed by atoms with Gasteiger partial charge in [0.1, 0.15) is 0 Å². The van der Waals surface area contributed by atoms with E-state index in [9.17, 15) is 0 Å². The van der Waals surface area contributed by atoms with Crippen LogP contribution in [0.1, 0.15) is 16.7 Å². The molecule has 0 atom stereocenters. The van der Waals surface area contributed by atoms with Crippen LogP contribution in [0.25, 0.3) is 0 Å². The van der Waals surface area contributed by atoms with Gasteiger partial charge in [-0.1, -0.05) is 56.0 Å². The molecular weight excluding hydrogens is 234 g/mol. The van der Waals surface area contributed by atoms with Gasteiger partial charge in [0, 0.05) is 16.9 Å². The Morgan fingerprint density at radius 3 is 1.67 bits per heavy atom. The predicted molar refractivity (Wildman–Crippen MR) is 81.4 cm³/mol. The number of nitrogens with one attached hydrogen (secondary N) is 1. The van der Waals surface area contributed by atoms with E-state index in [0.717, 1.165) is 0 Å². The molecule has 2 aromatic rings. The third-order valence-electron chi connectivity index (χ3n) is 3.68. The van der Waals surface area contributed by atoms with E-state index < -0.39 is 8.07 Å². The zero-order valence-corrected chi connectivity index (χ0v) is 12.2. The van der Waals surface area contributed by atoms with Crippen molar-refractivity contribution in [3.8, 4) is 0 Å². The number of rotatable bonds is 1. The average Bonchev–Trinajstić information content (AvgIpc) is 2.34. The smallest absolute Gasteiger partial charge is 0.0575 e. The van der Waals surface area contributed by atoms with Crippen LogP contribution in [0, 0.1) is 0 Å². The number of benzene rings is 2. The van der Waals surface area contributed by atoms with Gasteiger partial charge in [0.15, 0.2) is 0 Å². The normalized spacial score (nSPS) is 14.6. The van der Waals surface area contributed by atoms with E-state index in [1.165, 1.54) is 22.5 Å². The van der Waals surface area contributed by atoms with Gasteiger partial charge in [-0.05, 0) is 23.3 Å². The Hall–Kier alpha value is -1.54. The second-order valence-corrected chi connectivity index (χ2v) is 11.4. The predicted octanol–water partition coefficient (Wildman–Crippen LogP) is 4.75. The van der Waals surface area contributed by atoms with Crippen LogP contribution in [0.15, 0.2) is 48.5 Å². The summed E-state index contributed by atoms with van der Waals surface area (Å²) in [6.45, 7) is 7.36. The van der Waals surface area contributed by atoms with Crippen molar-refractivity contribution in [1.29, 1.82) is 0 Å². The van der Waals surface area contributed by atoms with Crippen molar-refractivity contribution in [2.75, 3.05) is 5.32 Å². The SMILES string of the molecule is C[Si](C)(C)C1c2ccccc2Nc2ccccc21. The van der Waals surface area contributed by atoms with Crippen molar-refractivity contribution in [3.63, 3.8) is 0 Å². The number of para-hydroxylation sites is 2. The fraction of sp³-hybridized carbons (Fsp3) is 0.250. The summed E-state index contributed by atoms with van der Waals surface area (Å²) in [7, 11) is -1.30. The molecule has 0 radical (unpaired) electrons. The Kier molecular flexibility index (Phi) is 2.56. The second-order valence-electron chi connectivity index (χ2n) is 6.10. The summed E-state index contributed by atoms with van der Waals surface area (Å²) in [4.78, 5) is 0. The van der Waals surface area contributed by atoms with E-state index in [0.29, 0.717) is 5.54 Å². The Morgan fingerprint density at radius 1 is 0.778 bits per heavy atom. The third kappa shape index (κ3) is 1.77. The molecule has 3 rings (SSSR count). The number of anilines is 2. The van der Waals surface area contributed by atoms with Crippen LogP contribution in [0.4, 0.5) is 11.4 Å². The summed E-state index contributed by atoms with van der Waals surface area (Å²) in [5, 5.41) is 3.56. The first-order valence-corrected chi connectivity index (χ1v) is 10.1. The van der Waals surface area contributed by atoms with Gasteiger partial charge < -0.3 is 5.32 Å². The topological polar surface area (TPSA) is 12.0 Å². The van der Waals surface area contributed by atoms with E-state index in [1.54, 1.807) is 0 Å². The zero-order valence-electron chi connectivity index (χ0n) is 11.2. The maximum Gasteiger partial charge on any atom is 0.0575 e. The lowest BCUT2D eigenvalue weighted by atomic mass is 9.97. The lowest BCUT2D eigenvalue weighted by Crippen LogP contribution is -2.34. The van der Waals surface area contributed by atoms with Crippen LogP contribution in [0.2, 0.25) is 19.6 Å². The number of hydrogen-bond acceptors (Lipinski definition) is 1. The number of fused-ring (bicyclic) bond motifs is 2. The van der Waals surface area contributed by atoms with Gasteiger partial charge >= 0.3 is 0 Å². The molecule has 1 N–H and O–H groups in total. The maximum atomic E-state index is 3.56. The molecule has 0 aromatic heterocycles. The lowest BCUT2D eigenvalue weighted by Gasteiger charge is -2.36. The quantitative estimate of drug-likeness (QED) is 0.723. The van der Waals surface area contributed by atoms with Gasteiger partial charge in [0.25, 0.3) is 0 Å². The van der Waals surface area contributed by atoms with Crippen LogP contribution < -0.4 is 5.32 Å². The van der Waals surface area contributed by atoms with Gasteiger partial charge in [-0.2, -0.15) is 0 Å². The molecule has 2 heteroatoms. The molecule has 0 spiro atoms. The molecule has 1 aliphatic rings. The molecule has 1 aliphatic heterocycles. The van der Waals surface area contributed by atoms with Crippen LogP contribution in [0.5, 0.6) is 0 Å². The molecule has 0 saturated heterocycles. The maximum absolute atomic E-state index is 3.56. The van der Waals surface area contributed by atoms with E-state index in [-0.39, 0.29) is 0 Å². The summed E-state index contributed by atoms with van der Waals surface area (Å²) in [6.07, 6.45) is 0. The Bertz CT molecular complexity index is 538. The van der Waals surface area contributed by atoms with E-state index in [4.69, 9.17) is 0 Å². The molecule has 92 valence electrons. The minimum absolute atomic E-state index is 0.589. The molecule has 0 aliphatic carbocycles. The Balaban J connectivity index is 2.24. The molecule has 0 fully saturated rings. The molecule has 0 saturated carbocycles. The molecule has 1 nitrogen and oxygen atoms in total. The second kappa shape index (κ2) is 3.99. The van der Waals surface area contributed by atoms with Crippen LogP contribution >= 0.6 is 0 Å². The largest absolute Gasteiger partial charge is 0.355 e. The van der Waals surface area contributed by atoms with Crippen LogP contribution in [-0.2, 0) is 0 Å². The van der Waals surface area contributed by atoms with Crippen molar-refractivity contribution >= 4 is 19.4 Å². The fourth-order valence-corrected chi connectivity index (χ4v) is 5.34. The minimum Gasteiger partial charge on any atom is -0.355 e. The Morgan fingerprint density at radius 2 is 1.22 bits per heavy atom. The van der Waals surface area contributed by atoms with Gasteiger partial charge in [-0.3, -0.25) is 0 Å². The first kappa shape index (κ1) is 11.5. The molecule has 0 bridgehead atoms. The lowest BCUT2D eigenvalue weighted by molar-refractivity contribution is 1.05. The Labute approximate surface area is 110 Å². The first-order chi connectivity index (χ1) is 8.57. The van der Waals surface area contributed by atoms with Crippen molar-refractivity contribution in [1.82, 2.24) is 0 Å². The minimum atomic E-state index is -1.30. The first-order valence-electron chi connectivity index (χ1n) is 6.52. The van der Waals surface area contributed by atoms with Crippen molar-refractivity contribution in [2.24, 2.45) is 0 Å². The average molecular weight is 253 g/mol. The third-order valence-corrected chi connectivity index (χ3v) is 6.03. The van der Waals surface area contributed by atoms with Crippen LogP contribution in [0.3, 0.4) is 0 Å². The summed E-state index contributed by atoms with van der Waals surface area (Å²) < 4.78 is 0. The van der Waals surface area contributed by atoms with Gasteiger partial charge in [-0.15, -0.1) is 0 Å². The van der Waals surface area contributed by atoms with Crippen molar-refractivity contribution in [2.45, 2.75) is 25.2 Å². The van der Waals surface area contributed by atoms with E-state index in [1.807, 2.05) is 0 Å². The molecular formula is C16H19NSi. The van der Waals surface area contributed by atoms with E-state index in [2.05, 4.69) is 73.5 Å². The number of hydrogen-bond donors (Lipinski definition) is 1. The molecule has 18 heavy (non-hydrogen) atoms. The standard InChI is InChI=1S/C16H19NSi/c1-18(2,3)16-12-8-4-6-10-14(12)17-15-11-7-5-9-13(15)16/h4-11,16-17H,1-3H3. The van der Waals surface area contributed by atoms with Gasteiger partial charge in [0.05, 0.1) is 8.07 Å². The molecule has 0 amide bonds. The van der Waals surface area contributed by atoms with E-state index >= 15 is 0 Å². The molecule has 1 heterocycles. The summed E-state index contributed by atoms with van der Waals surface area (Å²) in [5.74, 6) is 0. The van der Waals surface area contributed by atoms with Gasteiger partial charge in [-0.25, -0.2) is 0 Å². The van der Waals surface area contributed by atoms with Crippen molar-refractivity contribution in [3.05, 3.63) is 59.7 Å². The molecule has 0 unspecified atom stereocenters. The highest BCUT2D eigenvalue weighted by molar-refractivity contribution is 6.78. The summed E-state index contributed by atoms with van der Waals surface area (Å²) in [5.41, 5.74) is 6.09. The monoisotopic (exact) mass is 253 g/mol. The summed E-state index contributed by atoms with van der Waals surface area (Å²) in [6, 6.07) is 17.5. The van der Waals surface area contributed by atoms with Crippen molar-refractivity contribution < 1.29 is 0 Å². The highest BCUT2D eigenvalue weighted by atomic mass is 28.3. The highest BCUT2D eigenvalue weighted by Crippen LogP contribution is 2.45. The summed E-state index contributed by atoms with van der Waals surface area (Å²) >= 11 is 0. The van der Waals surface area contributed by atoms with Crippen LogP contribution in [-0.4, -0.2) is 8.07 Å².